The van der Waals surface area contributed by atoms with Gasteiger partial charge in [-0.2, -0.15) is 10.2 Å². The van der Waals surface area contributed by atoms with Crippen LogP contribution in [0.3, 0.4) is 0 Å². The van der Waals surface area contributed by atoms with Gasteiger partial charge in [0.15, 0.2) is 0 Å². The van der Waals surface area contributed by atoms with Crippen LogP contribution in [0.15, 0.2) is 58.8 Å². The lowest BCUT2D eigenvalue weighted by atomic mass is 10.1. The lowest BCUT2D eigenvalue weighted by molar-refractivity contribution is 0.475. The molecule has 0 radical (unpaired) electrons. The number of aromatic hydroxyl groups is 1. The maximum atomic E-state index is 9.20. The van der Waals surface area contributed by atoms with Crippen LogP contribution < -0.4 is 0 Å². The van der Waals surface area contributed by atoms with Crippen molar-refractivity contribution in [3.8, 4) is 5.75 Å². The van der Waals surface area contributed by atoms with Gasteiger partial charge in [-0.05, 0) is 54.8 Å². The Morgan fingerprint density at radius 2 is 1.33 bits per heavy atom. The second-order valence-electron chi connectivity index (χ2n) is 5.19. The number of azo groups is 1. The van der Waals surface area contributed by atoms with Crippen molar-refractivity contribution in [1.29, 1.82) is 0 Å². The predicted octanol–water partition coefficient (Wildman–Crippen LogP) is 5.93. The van der Waals surface area contributed by atoms with E-state index in [9.17, 15) is 5.11 Å². The molecule has 0 saturated heterocycles. The van der Waals surface area contributed by atoms with Gasteiger partial charge in [0.1, 0.15) is 5.75 Å². The summed E-state index contributed by atoms with van der Waals surface area (Å²) in [5, 5.41) is 17.6. The highest BCUT2D eigenvalue weighted by atomic mass is 16.3. The lowest BCUT2D eigenvalue weighted by Crippen LogP contribution is -1.84. The van der Waals surface area contributed by atoms with Crippen molar-refractivity contribution in [3.05, 3.63) is 54.1 Å². The molecule has 0 heterocycles. The number of phenols is 1. The minimum Gasteiger partial charge on any atom is -0.508 e. The van der Waals surface area contributed by atoms with Crippen LogP contribution in [0.4, 0.5) is 11.4 Å². The second-order valence-corrected chi connectivity index (χ2v) is 5.19. The van der Waals surface area contributed by atoms with E-state index in [1.807, 2.05) is 12.1 Å². The van der Waals surface area contributed by atoms with Crippen LogP contribution >= 0.6 is 0 Å². The predicted molar refractivity (Wildman–Crippen MR) is 86.6 cm³/mol. The van der Waals surface area contributed by atoms with Gasteiger partial charge in [-0.3, -0.25) is 0 Å². The van der Waals surface area contributed by atoms with Crippen molar-refractivity contribution in [2.45, 2.75) is 39.0 Å². The summed E-state index contributed by atoms with van der Waals surface area (Å²) in [7, 11) is 0. The summed E-state index contributed by atoms with van der Waals surface area (Å²) >= 11 is 0. The van der Waals surface area contributed by atoms with E-state index in [1.54, 1.807) is 24.3 Å². The average Bonchev–Trinajstić information content (AvgIpc) is 2.52. The number of benzene rings is 2. The Hall–Kier alpha value is -2.16. The number of unbranched alkanes of at least 4 members (excludes halogenated alkanes) is 3. The molecule has 110 valence electrons. The zero-order valence-corrected chi connectivity index (χ0v) is 12.5. The third-order valence-electron chi connectivity index (χ3n) is 3.39. The van der Waals surface area contributed by atoms with Crippen LogP contribution in [0.25, 0.3) is 0 Å². The fourth-order valence-electron chi connectivity index (χ4n) is 2.12. The molecule has 0 spiro atoms. The normalized spacial score (nSPS) is 11.1. The highest BCUT2D eigenvalue weighted by Crippen LogP contribution is 2.21. The molecule has 2 rings (SSSR count). The number of hydrogen-bond donors (Lipinski definition) is 1. The number of rotatable bonds is 7. The molecule has 2 aromatic carbocycles. The van der Waals surface area contributed by atoms with Gasteiger partial charge in [-0.1, -0.05) is 38.3 Å². The Balaban J connectivity index is 1.88. The van der Waals surface area contributed by atoms with Gasteiger partial charge in [0.25, 0.3) is 0 Å². The van der Waals surface area contributed by atoms with Gasteiger partial charge in [-0.15, -0.1) is 0 Å². The van der Waals surface area contributed by atoms with E-state index < -0.39 is 0 Å². The molecule has 3 heteroatoms. The van der Waals surface area contributed by atoms with Gasteiger partial charge in [0.2, 0.25) is 0 Å². The molecule has 0 aromatic heterocycles. The minimum absolute atomic E-state index is 0.237. The third-order valence-corrected chi connectivity index (χ3v) is 3.39. The quantitative estimate of drug-likeness (QED) is 0.496. The van der Waals surface area contributed by atoms with Crippen LogP contribution in [0.1, 0.15) is 38.2 Å². The molecule has 0 saturated carbocycles. The van der Waals surface area contributed by atoms with E-state index >= 15 is 0 Å². The maximum absolute atomic E-state index is 9.20. The van der Waals surface area contributed by atoms with E-state index in [-0.39, 0.29) is 5.75 Å². The molecule has 3 nitrogen and oxygen atoms in total. The first-order valence-corrected chi connectivity index (χ1v) is 7.57. The van der Waals surface area contributed by atoms with Crippen molar-refractivity contribution in [2.75, 3.05) is 0 Å². The Bertz CT molecular complexity index is 559. The summed E-state index contributed by atoms with van der Waals surface area (Å²) in [6, 6.07) is 14.9. The van der Waals surface area contributed by atoms with Crippen molar-refractivity contribution >= 4 is 11.4 Å². The summed E-state index contributed by atoms with van der Waals surface area (Å²) in [6.07, 6.45) is 6.28. The molecule has 0 aliphatic heterocycles. The molecule has 0 aliphatic rings. The van der Waals surface area contributed by atoms with Gasteiger partial charge < -0.3 is 5.11 Å². The average molecular weight is 282 g/mol. The van der Waals surface area contributed by atoms with Gasteiger partial charge in [0, 0.05) is 0 Å². The summed E-state index contributed by atoms with van der Waals surface area (Å²) in [5.74, 6) is 0.237. The van der Waals surface area contributed by atoms with Crippen LogP contribution in [0, 0.1) is 0 Å². The Morgan fingerprint density at radius 1 is 0.762 bits per heavy atom. The van der Waals surface area contributed by atoms with Gasteiger partial charge in [-0.25, -0.2) is 0 Å². The second kappa shape index (κ2) is 8.20. The Morgan fingerprint density at radius 3 is 1.90 bits per heavy atom. The van der Waals surface area contributed by atoms with Crippen molar-refractivity contribution in [1.82, 2.24) is 0 Å². The topological polar surface area (TPSA) is 45.0 Å². The standard InChI is InChI=1S/C18H22N2O/c1-2-3-4-5-6-15-7-9-16(10-8-15)19-20-17-11-13-18(21)14-12-17/h7-14,21H,2-6H2,1H3. The zero-order valence-electron chi connectivity index (χ0n) is 12.5. The molecular formula is C18H22N2O. The molecular weight excluding hydrogens is 260 g/mol. The van der Waals surface area contributed by atoms with Crippen LogP contribution in [-0.2, 0) is 6.42 Å². The monoisotopic (exact) mass is 282 g/mol. The van der Waals surface area contributed by atoms with E-state index in [0.717, 1.165) is 17.8 Å². The molecule has 21 heavy (non-hydrogen) atoms. The lowest BCUT2D eigenvalue weighted by Gasteiger charge is -2.01. The smallest absolute Gasteiger partial charge is 0.115 e. The highest BCUT2D eigenvalue weighted by Gasteiger charge is 1.95. The molecule has 0 fully saturated rings. The van der Waals surface area contributed by atoms with Crippen LogP contribution in [0.2, 0.25) is 0 Å². The number of aryl methyl sites for hydroxylation is 1. The summed E-state index contributed by atoms with van der Waals surface area (Å²) in [6.45, 7) is 2.23. The molecule has 0 unspecified atom stereocenters. The van der Waals surface area contributed by atoms with Crippen molar-refractivity contribution in [2.24, 2.45) is 10.2 Å². The number of hydrogen-bond acceptors (Lipinski definition) is 3. The largest absolute Gasteiger partial charge is 0.508 e. The molecule has 0 amide bonds. The molecule has 0 bridgehead atoms. The van der Waals surface area contributed by atoms with Crippen molar-refractivity contribution in [3.63, 3.8) is 0 Å². The Kier molecular flexibility index (Phi) is 5.95. The molecule has 1 N–H and O–H groups in total. The molecule has 2 aromatic rings. The fraction of sp³-hybridized carbons (Fsp3) is 0.333. The van der Waals surface area contributed by atoms with E-state index in [0.29, 0.717) is 0 Å². The maximum Gasteiger partial charge on any atom is 0.115 e. The summed E-state index contributed by atoms with van der Waals surface area (Å²) < 4.78 is 0. The molecule has 0 atom stereocenters. The van der Waals surface area contributed by atoms with Crippen LogP contribution in [0.5, 0.6) is 5.75 Å². The summed E-state index contributed by atoms with van der Waals surface area (Å²) in [5.41, 5.74) is 2.94. The minimum atomic E-state index is 0.237. The first-order valence-electron chi connectivity index (χ1n) is 7.57. The fourth-order valence-corrected chi connectivity index (χ4v) is 2.12. The Labute approximate surface area is 126 Å². The van der Waals surface area contributed by atoms with Crippen molar-refractivity contribution < 1.29 is 5.11 Å². The van der Waals surface area contributed by atoms with E-state index in [1.165, 1.54) is 31.2 Å². The summed E-state index contributed by atoms with van der Waals surface area (Å²) in [4.78, 5) is 0. The molecule has 0 aliphatic carbocycles. The van der Waals surface area contributed by atoms with Gasteiger partial charge >= 0.3 is 0 Å². The first kappa shape index (κ1) is 15.2. The number of phenolic OH excluding ortho intramolecular Hbond substituents is 1. The van der Waals surface area contributed by atoms with Gasteiger partial charge in [0.05, 0.1) is 11.4 Å². The zero-order chi connectivity index (χ0) is 14.9. The van der Waals surface area contributed by atoms with E-state index in [2.05, 4.69) is 29.3 Å². The van der Waals surface area contributed by atoms with E-state index in [4.69, 9.17) is 0 Å². The van der Waals surface area contributed by atoms with Crippen LogP contribution in [-0.4, -0.2) is 5.11 Å². The highest BCUT2D eigenvalue weighted by molar-refractivity contribution is 5.42. The third kappa shape index (κ3) is 5.38. The first-order chi connectivity index (χ1) is 10.3. The number of nitrogens with zero attached hydrogens (tertiary/aromatic N) is 2. The SMILES string of the molecule is CCCCCCc1ccc(N=Nc2ccc(O)cc2)cc1.